The lowest BCUT2D eigenvalue weighted by Crippen LogP contribution is -2.24. The third-order valence-electron chi connectivity index (χ3n) is 2.75. The average molecular weight is 246 g/mol. The first kappa shape index (κ1) is 11.4. The van der Waals surface area contributed by atoms with Crippen LogP contribution in [0.4, 0.5) is 0 Å². The largest absolute Gasteiger partial charge is 0.378 e. The Hall–Kier alpha value is -0.0900. The summed E-state index contributed by atoms with van der Waals surface area (Å²) in [4.78, 5) is 1.16. The Labute approximate surface area is 99.4 Å². The summed E-state index contributed by atoms with van der Waals surface area (Å²) >= 11 is 7.45. The van der Waals surface area contributed by atoms with Crippen LogP contribution in [0.15, 0.2) is 12.1 Å². The second-order valence-electron chi connectivity index (χ2n) is 3.97. The van der Waals surface area contributed by atoms with Gasteiger partial charge in [0.2, 0.25) is 0 Å². The van der Waals surface area contributed by atoms with Crippen molar-refractivity contribution in [2.45, 2.75) is 37.8 Å². The summed E-state index contributed by atoms with van der Waals surface area (Å²) < 4.78 is 6.48. The van der Waals surface area contributed by atoms with Crippen molar-refractivity contribution in [2.24, 2.45) is 5.73 Å². The molecule has 0 spiro atoms. The Bertz CT molecular complexity index is 309. The third kappa shape index (κ3) is 3.18. The minimum absolute atomic E-state index is 0.0746. The second-order valence-corrected chi connectivity index (χ2v) is 5.72. The summed E-state index contributed by atoms with van der Waals surface area (Å²) in [5.74, 6) is 0. The molecule has 2 rings (SSSR count). The molecule has 1 aliphatic heterocycles. The molecule has 1 aliphatic rings. The van der Waals surface area contributed by atoms with E-state index in [2.05, 4.69) is 0 Å². The molecule has 2 nitrogen and oxygen atoms in total. The van der Waals surface area contributed by atoms with Gasteiger partial charge in [0.25, 0.3) is 0 Å². The molecule has 0 amide bonds. The molecule has 2 atom stereocenters. The van der Waals surface area contributed by atoms with Crippen LogP contribution in [0, 0.1) is 0 Å². The van der Waals surface area contributed by atoms with Gasteiger partial charge in [-0.1, -0.05) is 11.6 Å². The molecule has 2 unspecified atom stereocenters. The van der Waals surface area contributed by atoms with Crippen molar-refractivity contribution < 1.29 is 4.74 Å². The highest BCUT2D eigenvalue weighted by atomic mass is 35.5. The van der Waals surface area contributed by atoms with Gasteiger partial charge in [0.1, 0.15) is 0 Å². The first-order valence-electron chi connectivity index (χ1n) is 5.38. The van der Waals surface area contributed by atoms with E-state index >= 15 is 0 Å². The maximum atomic E-state index is 6.11. The molecule has 0 aliphatic carbocycles. The van der Waals surface area contributed by atoms with Gasteiger partial charge < -0.3 is 10.5 Å². The third-order valence-corrected chi connectivity index (χ3v) is 4.11. The lowest BCUT2D eigenvalue weighted by Gasteiger charge is -2.24. The fraction of sp³-hybridized carbons (Fsp3) is 0.636. The SMILES string of the molecule is NC(CC1CCCCO1)c1ccc(Cl)s1. The van der Waals surface area contributed by atoms with E-state index in [0.29, 0.717) is 6.10 Å². The minimum atomic E-state index is 0.0746. The predicted molar refractivity (Wildman–Crippen MR) is 64.5 cm³/mol. The molecular weight excluding hydrogens is 230 g/mol. The van der Waals surface area contributed by atoms with Crippen LogP contribution in [-0.2, 0) is 4.74 Å². The van der Waals surface area contributed by atoms with Crippen molar-refractivity contribution >= 4 is 22.9 Å². The highest BCUT2D eigenvalue weighted by molar-refractivity contribution is 7.16. The summed E-state index contributed by atoms with van der Waals surface area (Å²) in [7, 11) is 0. The van der Waals surface area contributed by atoms with E-state index < -0.39 is 0 Å². The fourth-order valence-electron chi connectivity index (χ4n) is 1.92. The van der Waals surface area contributed by atoms with E-state index in [0.717, 1.165) is 28.7 Å². The Morgan fingerprint density at radius 2 is 2.40 bits per heavy atom. The summed E-state index contributed by atoms with van der Waals surface area (Å²) in [6.45, 7) is 0.891. The smallest absolute Gasteiger partial charge is 0.0931 e. The van der Waals surface area contributed by atoms with E-state index in [-0.39, 0.29) is 6.04 Å². The monoisotopic (exact) mass is 245 g/mol. The van der Waals surface area contributed by atoms with E-state index in [1.807, 2.05) is 12.1 Å². The molecule has 0 radical (unpaired) electrons. The van der Waals surface area contributed by atoms with Crippen LogP contribution in [0.2, 0.25) is 4.34 Å². The summed E-state index contributed by atoms with van der Waals surface area (Å²) in [5.41, 5.74) is 6.11. The number of thiophene rings is 1. The van der Waals surface area contributed by atoms with Gasteiger partial charge in [0.05, 0.1) is 10.4 Å². The molecule has 1 saturated heterocycles. The average Bonchev–Trinajstić information content (AvgIpc) is 2.66. The molecule has 4 heteroatoms. The highest BCUT2D eigenvalue weighted by Gasteiger charge is 2.19. The van der Waals surface area contributed by atoms with E-state index in [1.54, 1.807) is 11.3 Å². The van der Waals surface area contributed by atoms with Crippen molar-refractivity contribution in [1.82, 2.24) is 0 Å². The van der Waals surface area contributed by atoms with Crippen LogP contribution in [0.1, 0.15) is 36.6 Å². The van der Waals surface area contributed by atoms with E-state index in [4.69, 9.17) is 22.1 Å². The quantitative estimate of drug-likeness (QED) is 0.886. The molecule has 15 heavy (non-hydrogen) atoms. The van der Waals surface area contributed by atoms with Crippen LogP contribution in [0.5, 0.6) is 0 Å². The Kier molecular flexibility index (Phi) is 4.03. The predicted octanol–water partition coefficient (Wildman–Crippen LogP) is 3.36. The summed E-state index contributed by atoms with van der Waals surface area (Å²) in [5, 5.41) is 0. The van der Waals surface area contributed by atoms with E-state index in [9.17, 15) is 0 Å². The number of rotatable bonds is 3. The van der Waals surface area contributed by atoms with E-state index in [1.165, 1.54) is 12.8 Å². The zero-order chi connectivity index (χ0) is 10.7. The molecule has 0 saturated carbocycles. The molecular formula is C11H16ClNOS. The summed E-state index contributed by atoms with van der Waals surface area (Å²) in [6, 6.07) is 3.99. The van der Waals surface area contributed by atoms with Crippen molar-refractivity contribution in [3.63, 3.8) is 0 Å². The van der Waals surface area contributed by atoms with Gasteiger partial charge in [-0.25, -0.2) is 0 Å². The molecule has 0 aromatic carbocycles. The summed E-state index contributed by atoms with van der Waals surface area (Å²) in [6.07, 6.45) is 4.86. The number of hydrogen-bond donors (Lipinski definition) is 1. The number of nitrogens with two attached hydrogens (primary N) is 1. The van der Waals surface area contributed by atoms with Gasteiger partial charge in [-0.3, -0.25) is 0 Å². The Balaban J connectivity index is 1.88. The number of hydrogen-bond acceptors (Lipinski definition) is 3. The molecule has 84 valence electrons. The van der Waals surface area contributed by atoms with Crippen molar-refractivity contribution in [3.8, 4) is 0 Å². The minimum Gasteiger partial charge on any atom is -0.378 e. The van der Waals surface area contributed by atoms with Gasteiger partial charge in [-0.15, -0.1) is 11.3 Å². The standard InChI is InChI=1S/C11H16ClNOS/c12-11-5-4-10(15-11)9(13)7-8-3-1-2-6-14-8/h4-5,8-9H,1-3,6-7,13H2. The van der Waals surface area contributed by atoms with Gasteiger partial charge in [-0.2, -0.15) is 0 Å². The zero-order valence-corrected chi connectivity index (χ0v) is 10.2. The number of halogens is 1. The maximum Gasteiger partial charge on any atom is 0.0931 e. The van der Waals surface area contributed by atoms with Gasteiger partial charge in [0, 0.05) is 17.5 Å². The van der Waals surface area contributed by atoms with Crippen LogP contribution < -0.4 is 5.73 Å². The van der Waals surface area contributed by atoms with Gasteiger partial charge >= 0.3 is 0 Å². The first-order valence-corrected chi connectivity index (χ1v) is 6.57. The van der Waals surface area contributed by atoms with Crippen molar-refractivity contribution in [1.29, 1.82) is 0 Å². The molecule has 1 aromatic rings. The molecule has 2 heterocycles. The molecule has 1 fully saturated rings. The van der Waals surface area contributed by atoms with Crippen LogP contribution >= 0.6 is 22.9 Å². The van der Waals surface area contributed by atoms with Crippen LogP contribution in [0.3, 0.4) is 0 Å². The lowest BCUT2D eigenvalue weighted by atomic mass is 10.0. The lowest BCUT2D eigenvalue weighted by molar-refractivity contribution is 0.00747. The van der Waals surface area contributed by atoms with Crippen molar-refractivity contribution in [2.75, 3.05) is 6.61 Å². The normalized spacial score (nSPS) is 24.0. The fourth-order valence-corrected chi connectivity index (χ4v) is 3.00. The Morgan fingerprint density at radius 1 is 1.53 bits per heavy atom. The topological polar surface area (TPSA) is 35.2 Å². The second kappa shape index (κ2) is 5.30. The van der Waals surface area contributed by atoms with Gasteiger partial charge in [0.15, 0.2) is 0 Å². The van der Waals surface area contributed by atoms with Crippen molar-refractivity contribution in [3.05, 3.63) is 21.3 Å². The van der Waals surface area contributed by atoms with Crippen LogP contribution in [-0.4, -0.2) is 12.7 Å². The molecule has 2 N–H and O–H groups in total. The zero-order valence-electron chi connectivity index (χ0n) is 8.62. The van der Waals surface area contributed by atoms with Crippen LogP contribution in [0.25, 0.3) is 0 Å². The van der Waals surface area contributed by atoms with Gasteiger partial charge in [-0.05, 0) is 37.8 Å². The number of ether oxygens (including phenoxy) is 1. The highest BCUT2D eigenvalue weighted by Crippen LogP contribution is 2.29. The molecule has 0 bridgehead atoms. The Morgan fingerprint density at radius 3 is 3.00 bits per heavy atom. The molecule has 1 aromatic heterocycles. The first-order chi connectivity index (χ1) is 7.25. The maximum absolute atomic E-state index is 6.11.